The molecule has 0 aromatic carbocycles. The molecule has 0 atom stereocenters. The molecule has 18 heavy (non-hydrogen) atoms. The van der Waals surface area contributed by atoms with Crippen LogP contribution in [0.4, 0.5) is 0 Å². The lowest BCUT2D eigenvalue weighted by molar-refractivity contribution is 0.105. The van der Waals surface area contributed by atoms with Crippen LogP contribution in [-0.4, -0.2) is 0 Å². The van der Waals surface area contributed by atoms with Crippen molar-refractivity contribution in [2.75, 3.05) is 0 Å². The van der Waals surface area contributed by atoms with Crippen LogP contribution < -0.4 is 0 Å². The zero-order chi connectivity index (χ0) is 12.8. The van der Waals surface area contributed by atoms with Crippen LogP contribution in [-0.2, 0) is 0 Å². The first-order valence-electron chi connectivity index (χ1n) is 8.22. The van der Waals surface area contributed by atoms with Gasteiger partial charge in [-0.3, -0.25) is 0 Å². The Bertz CT molecular complexity index is 274. The van der Waals surface area contributed by atoms with Crippen LogP contribution in [0.3, 0.4) is 0 Å². The van der Waals surface area contributed by atoms with E-state index >= 15 is 0 Å². The number of nitriles is 1. The molecule has 2 saturated carbocycles. The monoisotopic (exact) mass is 247 g/mol. The van der Waals surface area contributed by atoms with E-state index in [1.165, 1.54) is 77.0 Å². The van der Waals surface area contributed by atoms with Gasteiger partial charge in [0.2, 0.25) is 0 Å². The summed E-state index contributed by atoms with van der Waals surface area (Å²) in [5.41, 5.74) is 0.0774. The van der Waals surface area contributed by atoms with Crippen molar-refractivity contribution in [3.63, 3.8) is 0 Å². The molecule has 0 aliphatic heterocycles. The maximum atomic E-state index is 9.65. The fourth-order valence-electron chi connectivity index (χ4n) is 4.29. The molecule has 0 bridgehead atoms. The summed E-state index contributed by atoms with van der Waals surface area (Å²) in [4.78, 5) is 0. The molecule has 0 unspecified atom stereocenters. The minimum atomic E-state index is 0.0774. The molecule has 0 spiro atoms. The van der Waals surface area contributed by atoms with E-state index in [2.05, 4.69) is 13.0 Å². The van der Waals surface area contributed by atoms with E-state index in [0.29, 0.717) is 0 Å². The molecule has 0 amide bonds. The molecule has 2 fully saturated rings. The summed E-state index contributed by atoms with van der Waals surface area (Å²) in [6.07, 6.45) is 16.0. The maximum Gasteiger partial charge on any atom is 0.0692 e. The van der Waals surface area contributed by atoms with Gasteiger partial charge >= 0.3 is 0 Å². The van der Waals surface area contributed by atoms with Crippen molar-refractivity contribution < 1.29 is 0 Å². The van der Waals surface area contributed by atoms with Crippen LogP contribution in [0.2, 0.25) is 0 Å². The Balaban J connectivity index is 1.86. The summed E-state index contributed by atoms with van der Waals surface area (Å²) >= 11 is 0. The number of hydrogen-bond acceptors (Lipinski definition) is 1. The molecule has 0 aromatic rings. The lowest BCUT2D eigenvalue weighted by Gasteiger charge is -2.41. The van der Waals surface area contributed by atoms with Gasteiger partial charge in [-0.25, -0.2) is 0 Å². The highest BCUT2D eigenvalue weighted by molar-refractivity contribution is 5.05. The van der Waals surface area contributed by atoms with Crippen molar-refractivity contribution in [1.82, 2.24) is 0 Å². The topological polar surface area (TPSA) is 23.8 Å². The normalized spacial score (nSPS) is 31.8. The molecule has 102 valence electrons. The molecule has 0 saturated heterocycles. The third-order valence-corrected chi connectivity index (χ3v) is 5.56. The van der Waals surface area contributed by atoms with Crippen LogP contribution in [0.5, 0.6) is 0 Å². The first-order chi connectivity index (χ1) is 8.80. The molecular formula is C17H29N. The molecule has 1 heteroatoms. The van der Waals surface area contributed by atoms with Gasteiger partial charge in [-0.05, 0) is 37.5 Å². The number of hydrogen-bond donors (Lipinski definition) is 0. The molecule has 0 aromatic heterocycles. The highest BCUT2D eigenvalue weighted by atomic mass is 14.5. The molecular weight excluding hydrogens is 218 g/mol. The average molecular weight is 247 g/mol. The van der Waals surface area contributed by atoms with Crippen LogP contribution >= 0.6 is 0 Å². The SMILES string of the molecule is CCCCC1CCC(C2(C#N)CCCCC2)CC1. The lowest BCUT2D eigenvalue weighted by atomic mass is 9.61. The summed E-state index contributed by atoms with van der Waals surface area (Å²) in [7, 11) is 0. The van der Waals surface area contributed by atoms with Crippen LogP contribution in [0.1, 0.15) is 84.0 Å². The predicted octanol–water partition coefficient (Wildman–Crippen LogP) is 5.46. The molecule has 0 N–H and O–H groups in total. The Morgan fingerprint density at radius 3 is 2.28 bits per heavy atom. The van der Waals surface area contributed by atoms with Gasteiger partial charge in [-0.1, -0.05) is 58.3 Å². The minimum absolute atomic E-state index is 0.0774. The predicted molar refractivity (Wildman–Crippen MR) is 76.1 cm³/mol. The van der Waals surface area contributed by atoms with Crippen molar-refractivity contribution in [3.05, 3.63) is 0 Å². The second kappa shape index (κ2) is 6.60. The zero-order valence-corrected chi connectivity index (χ0v) is 12.1. The highest BCUT2D eigenvalue weighted by Crippen LogP contribution is 2.49. The number of nitrogens with zero attached hydrogens (tertiary/aromatic N) is 1. The largest absolute Gasteiger partial charge is 0.198 e. The summed E-state index contributed by atoms with van der Waals surface area (Å²) in [6.45, 7) is 2.29. The fraction of sp³-hybridized carbons (Fsp3) is 0.941. The molecule has 0 radical (unpaired) electrons. The Morgan fingerprint density at radius 2 is 1.72 bits per heavy atom. The van der Waals surface area contributed by atoms with E-state index < -0.39 is 0 Å². The first kappa shape index (κ1) is 13.9. The van der Waals surface area contributed by atoms with Crippen LogP contribution in [0.25, 0.3) is 0 Å². The highest BCUT2D eigenvalue weighted by Gasteiger charge is 2.41. The Labute approximate surface area is 113 Å². The van der Waals surface area contributed by atoms with Crippen molar-refractivity contribution in [2.24, 2.45) is 17.3 Å². The number of unbranched alkanes of at least 4 members (excludes halogenated alkanes) is 1. The van der Waals surface area contributed by atoms with E-state index in [4.69, 9.17) is 0 Å². The Hall–Kier alpha value is -0.510. The molecule has 2 aliphatic rings. The second-order valence-electron chi connectivity index (χ2n) is 6.69. The smallest absolute Gasteiger partial charge is 0.0692 e. The van der Waals surface area contributed by atoms with Crippen LogP contribution in [0.15, 0.2) is 0 Å². The van der Waals surface area contributed by atoms with Crippen molar-refractivity contribution in [1.29, 1.82) is 5.26 Å². The van der Waals surface area contributed by atoms with Gasteiger partial charge in [0.25, 0.3) is 0 Å². The van der Waals surface area contributed by atoms with Gasteiger partial charge in [-0.2, -0.15) is 5.26 Å². The summed E-state index contributed by atoms with van der Waals surface area (Å²) in [5, 5.41) is 9.65. The van der Waals surface area contributed by atoms with Gasteiger partial charge in [-0.15, -0.1) is 0 Å². The summed E-state index contributed by atoms with van der Waals surface area (Å²) in [5.74, 6) is 1.70. The average Bonchev–Trinajstić information content (AvgIpc) is 2.46. The van der Waals surface area contributed by atoms with E-state index in [1.54, 1.807) is 0 Å². The Kier molecular flexibility index (Phi) is 5.10. The van der Waals surface area contributed by atoms with E-state index in [1.807, 2.05) is 0 Å². The van der Waals surface area contributed by atoms with E-state index in [-0.39, 0.29) is 5.41 Å². The van der Waals surface area contributed by atoms with E-state index in [9.17, 15) is 5.26 Å². The lowest BCUT2D eigenvalue weighted by Crippen LogP contribution is -2.34. The zero-order valence-electron chi connectivity index (χ0n) is 12.1. The quantitative estimate of drug-likeness (QED) is 0.647. The summed E-state index contributed by atoms with van der Waals surface area (Å²) in [6, 6.07) is 2.75. The third-order valence-electron chi connectivity index (χ3n) is 5.56. The van der Waals surface area contributed by atoms with E-state index in [0.717, 1.165) is 11.8 Å². The van der Waals surface area contributed by atoms with Gasteiger partial charge in [0.1, 0.15) is 0 Å². The first-order valence-corrected chi connectivity index (χ1v) is 8.22. The van der Waals surface area contributed by atoms with Crippen molar-refractivity contribution >= 4 is 0 Å². The molecule has 1 nitrogen and oxygen atoms in total. The van der Waals surface area contributed by atoms with Gasteiger partial charge in [0, 0.05) is 0 Å². The fourth-order valence-corrected chi connectivity index (χ4v) is 4.29. The van der Waals surface area contributed by atoms with Crippen LogP contribution in [0, 0.1) is 28.6 Å². The standard InChI is InChI=1S/C17H29N/c1-2-3-7-15-8-10-16(11-9-15)17(14-18)12-5-4-6-13-17/h15-16H,2-13H2,1H3. The minimum Gasteiger partial charge on any atom is -0.198 e. The van der Waals surface area contributed by atoms with Gasteiger partial charge in [0.15, 0.2) is 0 Å². The summed E-state index contributed by atoms with van der Waals surface area (Å²) < 4.78 is 0. The molecule has 2 rings (SSSR count). The van der Waals surface area contributed by atoms with Crippen molar-refractivity contribution in [3.8, 4) is 6.07 Å². The molecule has 0 heterocycles. The van der Waals surface area contributed by atoms with Gasteiger partial charge in [0.05, 0.1) is 11.5 Å². The Morgan fingerprint density at radius 1 is 1.06 bits per heavy atom. The second-order valence-corrected chi connectivity index (χ2v) is 6.69. The maximum absolute atomic E-state index is 9.65. The third kappa shape index (κ3) is 3.08. The number of rotatable bonds is 4. The molecule has 2 aliphatic carbocycles. The van der Waals surface area contributed by atoms with Gasteiger partial charge < -0.3 is 0 Å². The van der Waals surface area contributed by atoms with Crippen molar-refractivity contribution in [2.45, 2.75) is 84.0 Å².